The lowest BCUT2D eigenvalue weighted by Crippen LogP contribution is -2.38. The number of carbonyl (C=O) groups is 2. The topological polar surface area (TPSA) is 84.2 Å². The number of nitrogens with zero attached hydrogens (tertiary/aromatic N) is 6. The normalized spacial score (nSPS) is 18.7. The molecule has 5 rings (SSSR count). The number of piperidine rings is 1. The summed E-state index contributed by atoms with van der Waals surface area (Å²) in [5.74, 6) is 1.18. The van der Waals surface area contributed by atoms with Crippen LogP contribution in [0.4, 0.5) is 0 Å². The summed E-state index contributed by atoms with van der Waals surface area (Å²) >= 11 is 6.14. The molecular weight excluding hydrogens is 464 g/mol. The number of carbonyl (C=O) groups excluding carboxylic acids is 2. The first-order chi connectivity index (χ1) is 17.0. The van der Waals surface area contributed by atoms with Gasteiger partial charge in [-0.05, 0) is 49.8 Å². The third-order valence-electron chi connectivity index (χ3n) is 7.00. The third kappa shape index (κ3) is 5.22. The molecule has 2 saturated heterocycles. The quantitative estimate of drug-likeness (QED) is 0.532. The first-order valence-electron chi connectivity index (χ1n) is 12.2. The maximum atomic E-state index is 13.4. The van der Waals surface area contributed by atoms with Crippen molar-refractivity contribution in [3.05, 3.63) is 65.2 Å². The molecule has 35 heavy (non-hydrogen) atoms. The van der Waals surface area contributed by atoms with Crippen LogP contribution in [0, 0.1) is 5.92 Å². The van der Waals surface area contributed by atoms with Gasteiger partial charge in [-0.25, -0.2) is 9.97 Å². The molecule has 9 heteroatoms. The molecule has 2 aliphatic rings. The molecule has 0 saturated carbocycles. The number of aromatic nitrogens is 4. The largest absolute Gasteiger partial charge is 0.343 e. The standard InChI is InChI=1S/C26H29ClN6O2/c1-18(34)31-12-8-19(9-13-31)16-32-17-21(15-29-32)26(35)33-11-3-6-24(33)23-7-10-28-25(30-23)20-4-2-5-22(27)14-20/h2,4-5,7,10,14-15,17,19,24H,3,6,8-9,11-13,16H2,1H3/t24-/m0/s1. The highest BCUT2D eigenvalue weighted by atomic mass is 35.5. The molecule has 1 aromatic carbocycles. The van der Waals surface area contributed by atoms with Crippen molar-refractivity contribution in [2.24, 2.45) is 5.92 Å². The van der Waals surface area contributed by atoms with Gasteiger partial charge in [0.2, 0.25) is 5.91 Å². The van der Waals surface area contributed by atoms with E-state index in [4.69, 9.17) is 16.6 Å². The average Bonchev–Trinajstić information content (AvgIpc) is 3.54. The Balaban J connectivity index is 1.27. The van der Waals surface area contributed by atoms with Gasteiger partial charge in [0.05, 0.1) is 23.5 Å². The van der Waals surface area contributed by atoms with Crippen LogP contribution in [0.1, 0.15) is 54.7 Å². The van der Waals surface area contributed by atoms with Crippen molar-refractivity contribution in [2.45, 2.75) is 45.2 Å². The van der Waals surface area contributed by atoms with Crippen LogP contribution >= 0.6 is 11.6 Å². The molecular formula is C26H29ClN6O2. The number of hydrogen-bond donors (Lipinski definition) is 0. The fraction of sp³-hybridized carbons (Fsp3) is 0.423. The maximum Gasteiger partial charge on any atom is 0.257 e. The Bertz CT molecular complexity index is 1220. The summed E-state index contributed by atoms with van der Waals surface area (Å²) in [5.41, 5.74) is 2.29. The minimum Gasteiger partial charge on any atom is -0.343 e. The van der Waals surface area contributed by atoms with Gasteiger partial charge >= 0.3 is 0 Å². The molecule has 0 N–H and O–H groups in total. The molecule has 2 amide bonds. The zero-order valence-corrected chi connectivity index (χ0v) is 20.6. The zero-order valence-electron chi connectivity index (χ0n) is 19.8. The Hall–Kier alpha value is -3.26. The Morgan fingerprint density at radius 2 is 1.94 bits per heavy atom. The van der Waals surface area contributed by atoms with E-state index < -0.39 is 0 Å². The van der Waals surface area contributed by atoms with Crippen LogP contribution in [0.3, 0.4) is 0 Å². The molecule has 182 valence electrons. The van der Waals surface area contributed by atoms with E-state index in [2.05, 4.69) is 10.1 Å². The van der Waals surface area contributed by atoms with Crippen molar-refractivity contribution in [3.8, 4) is 11.4 Å². The molecule has 2 fully saturated rings. The predicted molar refractivity (Wildman–Crippen MR) is 133 cm³/mol. The van der Waals surface area contributed by atoms with Crippen molar-refractivity contribution in [3.63, 3.8) is 0 Å². The van der Waals surface area contributed by atoms with Crippen LogP contribution < -0.4 is 0 Å². The Kier molecular flexibility index (Phi) is 6.81. The molecule has 4 heterocycles. The van der Waals surface area contributed by atoms with Gasteiger partial charge in [0, 0.05) is 56.1 Å². The third-order valence-corrected chi connectivity index (χ3v) is 7.24. The smallest absolute Gasteiger partial charge is 0.257 e. The lowest BCUT2D eigenvalue weighted by Gasteiger charge is -2.31. The minimum atomic E-state index is -0.0947. The Morgan fingerprint density at radius 3 is 2.71 bits per heavy atom. The highest BCUT2D eigenvalue weighted by Gasteiger charge is 2.32. The van der Waals surface area contributed by atoms with Gasteiger partial charge in [-0.15, -0.1) is 0 Å². The van der Waals surface area contributed by atoms with Crippen LogP contribution in [-0.2, 0) is 11.3 Å². The van der Waals surface area contributed by atoms with E-state index in [0.29, 0.717) is 28.9 Å². The van der Waals surface area contributed by atoms with Gasteiger partial charge in [0.15, 0.2) is 5.82 Å². The van der Waals surface area contributed by atoms with Gasteiger partial charge in [-0.3, -0.25) is 14.3 Å². The SMILES string of the molecule is CC(=O)N1CCC(Cn2cc(C(=O)N3CCC[C@H]3c3ccnc(-c4cccc(Cl)c4)n3)cn2)CC1. The van der Waals surface area contributed by atoms with Crippen molar-refractivity contribution >= 4 is 23.4 Å². The molecule has 0 unspecified atom stereocenters. The predicted octanol–water partition coefficient (Wildman–Crippen LogP) is 4.23. The van der Waals surface area contributed by atoms with Gasteiger partial charge in [0.1, 0.15) is 0 Å². The van der Waals surface area contributed by atoms with E-state index >= 15 is 0 Å². The second kappa shape index (κ2) is 10.2. The summed E-state index contributed by atoms with van der Waals surface area (Å²) in [5, 5.41) is 5.10. The molecule has 0 aliphatic carbocycles. The number of likely N-dealkylation sites (tertiary alicyclic amines) is 2. The number of benzene rings is 1. The molecule has 0 spiro atoms. The molecule has 2 aromatic heterocycles. The van der Waals surface area contributed by atoms with Crippen molar-refractivity contribution in [1.29, 1.82) is 0 Å². The zero-order chi connectivity index (χ0) is 24.4. The minimum absolute atomic E-state index is 0.0203. The summed E-state index contributed by atoms with van der Waals surface area (Å²) in [6, 6.07) is 9.27. The molecule has 3 aromatic rings. The van der Waals surface area contributed by atoms with Crippen LogP contribution in [0.15, 0.2) is 48.9 Å². The number of amides is 2. The lowest BCUT2D eigenvalue weighted by molar-refractivity contribution is -0.130. The molecule has 1 atom stereocenters. The average molecular weight is 493 g/mol. The van der Waals surface area contributed by atoms with Crippen LogP contribution in [0.25, 0.3) is 11.4 Å². The first kappa shape index (κ1) is 23.5. The van der Waals surface area contributed by atoms with E-state index in [0.717, 1.165) is 56.6 Å². The van der Waals surface area contributed by atoms with Crippen LogP contribution in [0.2, 0.25) is 5.02 Å². The Labute approximate surface area is 209 Å². The molecule has 2 aliphatic heterocycles. The fourth-order valence-electron chi connectivity index (χ4n) is 5.08. The van der Waals surface area contributed by atoms with Crippen LogP contribution in [-0.4, -0.2) is 61.0 Å². The number of hydrogen-bond acceptors (Lipinski definition) is 5. The molecule has 0 bridgehead atoms. The van der Waals surface area contributed by atoms with Crippen molar-refractivity contribution in [1.82, 2.24) is 29.5 Å². The highest BCUT2D eigenvalue weighted by molar-refractivity contribution is 6.30. The monoisotopic (exact) mass is 492 g/mol. The second-order valence-corrected chi connectivity index (χ2v) is 9.81. The van der Waals surface area contributed by atoms with Crippen molar-refractivity contribution in [2.75, 3.05) is 19.6 Å². The lowest BCUT2D eigenvalue weighted by atomic mass is 9.97. The van der Waals surface area contributed by atoms with Gasteiger partial charge in [-0.2, -0.15) is 5.10 Å². The van der Waals surface area contributed by atoms with E-state index in [9.17, 15) is 9.59 Å². The second-order valence-electron chi connectivity index (χ2n) is 9.37. The summed E-state index contributed by atoms with van der Waals surface area (Å²) in [7, 11) is 0. The van der Waals surface area contributed by atoms with Crippen LogP contribution in [0.5, 0.6) is 0 Å². The number of rotatable bonds is 5. The Morgan fingerprint density at radius 1 is 1.11 bits per heavy atom. The number of halogens is 1. The first-order valence-corrected chi connectivity index (χ1v) is 12.5. The summed E-state index contributed by atoms with van der Waals surface area (Å²) < 4.78 is 1.87. The molecule has 8 nitrogen and oxygen atoms in total. The summed E-state index contributed by atoms with van der Waals surface area (Å²) in [6.45, 7) is 4.65. The van der Waals surface area contributed by atoms with Crippen molar-refractivity contribution < 1.29 is 9.59 Å². The van der Waals surface area contributed by atoms with E-state index in [1.807, 2.05) is 51.0 Å². The highest BCUT2D eigenvalue weighted by Crippen LogP contribution is 2.33. The van der Waals surface area contributed by atoms with Gasteiger partial charge in [0.25, 0.3) is 5.91 Å². The summed E-state index contributed by atoms with van der Waals surface area (Å²) in [6.07, 6.45) is 8.97. The van der Waals surface area contributed by atoms with E-state index in [-0.39, 0.29) is 17.9 Å². The summed E-state index contributed by atoms with van der Waals surface area (Å²) in [4.78, 5) is 38.0. The van der Waals surface area contributed by atoms with E-state index in [1.54, 1.807) is 19.3 Å². The van der Waals surface area contributed by atoms with E-state index in [1.165, 1.54) is 0 Å². The maximum absolute atomic E-state index is 13.4. The fourth-order valence-corrected chi connectivity index (χ4v) is 5.27. The van der Waals surface area contributed by atoms with Gasteiger partial charge in [-0.1, -0.05) is 23.7 Å². The van der Waals surface area contributed by atoms with Gasteiger partial charge < -0.3 is 9.80 Å². The molecule has 0 radical (unpaired) electrons.